The fourth-order valence-electron chi connectivity index (χ4n) is 2.57. The highest BCUT2D eigenvalue weighted by Crippen LogP contribution is 2.30. The molecule has 0 radical (unpaired) electrons. The second kappa shape index (κ2) is 7.36. The van der Waals surface area contributed by atoms with Gasteiger partial charge in [0.25, 0.3) is 0 Å². The van der Waals surface area contributed by atoms with E-state index in [0.717, 1.165) is 0 Å². The smallest absolute Gasteiger partial charge is 0.168 e. The molecule has 0 unspecified atom stereocenters. The van der Waals surface area contributed by atoms with Gasteiger partial charge >= 0.3 is 0 Å². The zero-order chi connectivity index (χ0) is 13.8. The van der Waals surface area contributed by atoms with Crippen LogP contribution in [0.15, 0.2) is 85.2 Å². The van der Waals surface area contributed by atoms with E-state index in [1.54, 1.807) is 0 Å². The molecule has 3 aromatic rings. The first kappa shape index (κ1) is 15.7. The van der Waals surface area contributed by atoms with Gasteiger partial charge in [-0.25, -0.2) is 4.57 Å². The van der Waals surface area contributed by atoms with Crippen molar-refractivity contribution in [3.05, 3.63) is 102 Å². The summed E-state index contributed by atoms with van der Waals surface area (Å²) in [6.45, 7) is 0. The van der Waals surface area contributed by atoms with Crippen LogP contribution >= 0.6 is 0 Å². The van der Waals surface area contributed by atoms with Crippen molar-refractivity contribution in [2.75, 3.05) is 0 Å². The second-order valence-electron chi connectivity index (χ2n) is 5.05. The number of hydrogen-bond donors (Lipinski definition) is 0. The first-order valence-electron chi connectivity index (χ1n) is 6.90. The highest BCUT2D eigenvalue weighted by Gasteiger charge is 2.16. The summed E-state index contributed by atoms with van der Waals surface area (Å²) >= 11 is 0. The molecule has 2 heteroatoms. The standard InChI is InChI=1S/C19H18N.HI/c1-20-14-12-18(13-15-20)19(16-8-4-2-5-9-16)17-10-6-3-7-11-17;/h2-15,19H,1H3;1H/q+1;/p-1. The van der Waals surface area contributed by atoms with Gasteiger partial charge in [-0.05, 0) is 16.7 Å². The molecule has 3 rings (SSSR count). The largest absolute Gasteiger partial charge is 1.00 e. The van der Waals surface area contributed by atoms with Gasteiger partial charge in [-0.2, -0.15) is 0 Å². The Kier molecular flexibility index (Phi) is 5.51. The van der Waals surface area contributed by atoms with Crippen LogP contribution in [0, 0.1) is 0 Å². The molecule has 0 bridgehead atoms. The number of halogens is 1. The molecule has 0 fully saturated rings. The predicted molar refractivity (Wildman–Crippen MR) is 81.4 cm³/mol. The van der Waals surface area contributed by atoms with Crippen molar-refractivity contribution in [1.82, 2.24) is 0 Å². The second-order valence-corrected chi connectivity index (χ2v) is 5.05. The Labute approximate surface area is 143 Å². The third-order valence-corrected chi connectivity index (χ3v) is 3.60. The fourth-order valence-corrected chi connectivity index (χ4v) is 2.57. The van der Waals surface area contributed by atoms with Crippen LogP contribution in [0.2, 0.25) is 0 Å². The summed E-state index contributed by atoms with van der Waals surface area (Å²) < 4.78 is 2.07. The third-order valence-electron chi connectivity index (χ3n) is 3.60. The Bertz CT molecular complexity index is 623. The minimum Gasteiger partial charge on any atom is -1.00 e. The number of aryl methyl sites for hydroxylation is 1. The van der Waals surface area contributed by atoms with Crippen LogP contribution in [-0.4, -0.2) is 0 Å². The Balaban J connectivity index is 0.00000161. The van der Waals surface area contributed by atoms with Gasteiger partial charge in [0, 0.05) is 18.1 Å². The molecule has 0 saturated carbocycles. The van der Waals surface area contributed by atoms with Crippen LogP contribution in [0.3, 0.4) is 0 Å². The minimum absolute atomic E-state index is 0. The number of nitrogens with zero attached hydrogens (tertiary/aromatic N) is 1. The van der Waals surface area contributed by atoms with Gasteiger partial charge in [0.1, 0.15) is 7.05 Å². The van der Waals surface area contributed by atoms with Crippen molar-refractivity contribution in [2.24, 2.45) is 7.05 Å². The normalized spacial score (nSPS) is 10.2. The minimum atomic E-state index is 0. The van der Waals surface area contributed by atoms with E-state index in [1.807, 2.05) is 7.05 Å². The van der Waals surface area contributed by atoms with E-state index in [4.69, 9.17) is 0 Å². The number of pyridine rings is 1. The van der Waals surface area contributed by atoms with E-state index in [9.17, 15) is 0 Å². The molecule has 106 valence electrons. The Morgan fingerprint density at radius 1 is 0.619 bits per heavy atom. The molecule has 0 aliphatic carbocycles. The molecule has 0 N–H and O–H groups in total. The maximum atomic E-state index is 2.20. The number of rotatable bonds is 3. The van der Waals surface area contributed by atoms with Crippen LogP contribution in [0.25, 0.3) is 0 Å². The van der Waals surface area contributed by atoms with Crippen LogP contribution in [0.4, 0.5) is 0 Å². The Hall–Kier alpha value is -1.68. The van der Waals surface area contributed by atoms with Gasteiger partial charge in [0.05, 0.1) is 0 Å². The first-order valence-corrected chi connectivity index (χ1v) is 6.90. The number of aromatic nitrogens is 1. The lowest BCUT2D eigenvalue weighted by atomic mass is 9.86. The Morgan fingerprint density at radius 2 is 1.00 bits per heavy atom. The van der Waals surface area contributed by atoms with Crippen LogP contribution in [-0.2, 0) is 7.05 Å². The van der Waals surface area contributed by atoms with Gasteiger partial charge in [0.15, 0.2) is 12.4 Å². The van der Waals surface area contributed by atoms with Gasteiger partial charge in [-0.15, -0.1) is 0 Å². The summed E-state index contributed by atoms with van der Waals surface area (Å²) in [6, 6.07) is 25.7. The highest BCUT2D eigenvalue weighted by molar-refractivity contribution is 5.41. The van der Waals surface area contributed by atoms with Crippen molar-refractivity contribution in [3.63, 3.8) is 0 Å². The first-order chi connectivity index (χ1) is 9.84. The zero-order valence-corrected chi connectivity index (χ0v) is 14.1. The molecule has 1 aromatic heterocycles. The molecule has 0 aliphatic rings. The topological polar surface area (TPSA) is 3.88 Å². The predicted octanol–water partition coefficient (Wildman–Crippen LogP) is 0.695. The molecule has 2 aromatic carbocycles. The van der Waals surface area contributed by atoms with Crippen LogP contribution in [0.1, 0.15) is 22.6 Å². The van der Waals surface area contributed by atoms with E-state index >= 15 is 0 Å². The maximum Gasteiger partial charge on any atom is 0.168 e. The summed E-state index contributed by atoms with van der Waals surface area (Å²) in [7, 11) is 2.05. The lowest BCUT2D eigenvalue weighted by molar-refractivity contribution is -0.671. The highest BCUT2D eigenvalue weighted by atomic mass is 127. The quantitative estimate of drug-likeness (QED) is 0.460. The summed E-state index contributed by atoms with van der Waals surface area (Å²) in [5.41, 5.74) is 3.97. The average Bonchev–Trinajstić information content (AvgIpc) is 2.52. The SMILES string of the molecule is C[n+]1ccc(C(c2ccccc2)c2ccccc2)cc1.[I-]. The van der Waals surface area contributed by atoms with Gasteiger partial charge in [-0.1, -0.05) is 60.7 Å². The molecule has 1 nitrogen and oxygen atoms in total. The van der Waals surface area contributed by atoms with Crippen molar-refractivity contribution < 1.29 is 28.5 Å². The van der Waals surface area contributed by atoms with E-state index in [-0.39, 0.29) is 24.0 Å². The number of hydrogen-bond acceptors (Lipinski definition) is 0. The molecule has 0 spiro atoms. The number of benzene rings is 2. The maximum absolute atomic E-state index is 2.20. The van der Waals surface area contributed by atoms with E-state index < -0.39 is 0 Å². The third kappa shape index (κ3) is 3.70. The molecule has 0 saturated heterocycles. The summed E-state index contributed by atoms with van der Waals surface area (Å²) in [5, 5.41) is 0. The molecule has 0 aliphatic heterocycles. The Morgan fingerprint density at radius 3 is 1.43 bits per heavy atom. The lowest BCUT2D eigenvalue weighted by Gasteiger charge is -2.18. The molecule has 0 amide bonds. The van der Waals surface area contributed by atoms with E-state index in [1.165, 1.54) is 16.7 Å². The van der Waals surface area contributed by atoms with Gasteiger partial charge in [0.2, 0.25) is 0 Å². The summed E-state index contributed by atoms with van der Waals surface area (Å²) in [5.74, 6) is 0.290. The summed E-state index contributed by atoms with van der Waals surface area (Å²) in [4.78, 5) is 0. The molecular weight excluding hydrogens is 369 g/mol. The van der Waals surface area contributed by atoms with Crippen molar-refractivity contribution >= 4 is 0 Å². The van der Waals surface area contributed by atoms with E-state index in [0.29, 0.717) is 5.92 Å². The van der Waals surface area contributed by atoms with Crippen molar-refractivity contribution in [1.29, 1.82) is 0 Å². The molecule has 0 atom stereocenters. The monoisotopic (exact) mass is 387 g/mol. The van der Waals surface area contributed by atoms with Gasteiger partial charge in [-0.3, -0.25) is 0 Å². The zero-order valence-electron chi connectivity index (χ0n) is 12.0. The van der Waals surface area contributed by atoms with Gasteiger partial charge < -0.3 is 24.0 Å². The van der Waals surface area contributed by atoms with Crippen molar-refractivity contribution in [3.8, 4) is 0 Å². The average molecular weight is 387 g/mol. The van der Waals surface area contributed by atoms with E-state index in [2.05, 4.69) is 89.8 Å². The summed E-state index contributed by atoms with van der Waals surface area (Å²) in [6.07, 6.45) is 4.21. The van der Waals surface area contributed by atoms with Crippen molar-refractivity contribution in [2.45, 2.75) is 5.92 Å². The lowest BCUT2D eigenvalue weighted by Crippen LogP contribution is -3.00. The molecule has 21 heavy (non-hydrogen) atoms. The molecule has 1 heterocycles. The van der Waals surface area contributed by atoms with Crippen LogP contribution < -0.4 is 28.5 Å². The molecular formula is C19H18IN. The fraction of sp³-hybridized carbons (Fsp3) is 0.105. The van der Waals surface area contributed by atoms with Crippen LogP contribution in [0.5, 0.6) is 0 Å².